The quantitative estimate of drug-likeness (QED) is 0.809. The molecule has 1 amide bonds. The second kappa shape index (κ2) is 6.22. The van der Waals surface area contributed by atoms with Crippen molar-refractivity contribution in [1.82, 2.24) is 0 Å². The first-order valence-corrected chi connectivity index (χ1v) is 9.30. The van der Waals surface area contributed by atoms with Gasteiger partial charge in [-0.1, -0.05) is 33.8 Å². The summed E-state index contributed by atoms with van der Waals surface area (Å²) in [5, 5.41) is 2.95. The van der Waals surface area contributed by atoms with Gasteiger partial charge >= 0.3 is 5.97 Å². The lowest BCUT2D eigenvalue weighted by atomic mass is 9.64. The summed E-state index contributed by atoms with van der Waals surface area (Å²) in [5.74, 6) is -0.345. The van der Waals surface area contributed by atoms with Gasteiger partial charge in [-0.25, -0.2) is 4.79 Å². The molecule has 1 aromatic rings. The van der Waals surface area contributed by atoms with Gasteiger partial charge in [0, 0.05) is 17.5 Å². The minimum Gasteiger partial charge on any atom is -0.462 e. The second-order valence-electron chi connectivity index (χ2n) is 8.31. The summed E-state index contributed by atoms with van der Waals surface area (Å²) >= 11 is 0. The van der Waals surface area contributed by atoms with Crippen LogP contribution in [-0.4, -0.2) is 24.3 Å². The number of ether oxygens (including phenoxy) is 1. The average molecular weight is 357 g/mol. The highest BCUT2D eigenvalue weighted by atomic mass is 16.5. The van der Waals surface area contributed by atoms with E-state index in [1.807, 2.05) is 27.7 Å². The number of amides is 1. The van der Waals surface area contributed by atoms with E-state index in [9.17, 15) is 14.4 Å². The van der Waals surface area contributed by atoms with Crippen molar-refractivity contribution in [2.75, 3.05) is 11.9 Å². The fourth-order valence-corrected chi connectivity index (χ4v) is 4.61. The van der Waals surface area contributed by atoms with Gasteiger partial charge in [-0.15, -0.1) is 0 Å². The number of Topliss-reactive ketones (excluding diaryl/α,β-unsaturated/α-hetero) is 1. The molecule has 0 aromatic heterocycles. The van der Waals surface area contributed by atoms with E-state index >= 15 is 0 Å². The van der Waals surface area contributed by atoms with E-state index in [-0.39, 0.29) is 11.7 Å². The lowest BCUT2D eigenvalue weighted by Crippen LogP contribution is -2.43. The van der Waals surface area contributed by atoms with Crippen LogP contribution in [0, 0.1) is 16.2 Å². The van der Waals surface area contributed by atoms with Gasteiger partial charge in [0.25, 0.3) is 0 Å². The molecule has 5 nitrogen and oxygen atoms in total. The smallest absolute Gasteiger partial charge is 0.338 e. The molecule has 2 atom stereocenters. The Bertz CT molecular complexity index is 769. The van der Waals surface area contributed by atoms with Gasteiger partial charge in [0.2, 0.25) is 5.91 Å². The zero-order valence-electron chi connectivity index (χ0n) is 16.0. The van der Waals surface area contributed by atoms with Crippen molar-refractivity contribution in [3.63, 3.8) is 0 Å². The number of fused-ring (bicyclic) bond motifs is 2. The van der Waals surface area contributed by atoms with Gasteiger partial charge < -0.3 is 10.1 Å². The normalized spacial score (nSPS) is 28.8. The van der Waals surface area contributed by atoms with Crippen LogP contribution in [0.3, 0.4) is 0 Å². The maximum absolute atomic E-state index is 13.2. The monoisotopic (exact) mass is 357 g/mol. The van der Waals surface area contributed by atoms with Gasteiger partial charge in [0.1, 0.15) is 5.78 Å². The number of ketones is 1. The van der Waals surface area contributed by atoms with Crippen LogP contribution in [-0.2, 0) is 14.3 Å². The summed E-state index contributed by atoms with van der Waals surface area (Å²) in [6, 6.07) is 6.77. The fraction of sp³-hybridized carbons (Fsp3) is 0.571. The molecule has 0 radical (unpaired) electrons. The Morgan fingerprint density at radius 1 is 1.19 bits per heavy atom. The SMILES string of the molecule is CCCOC(=O)c1cccc(NC(=O)[C@@]23CC[C@@](C)(C(=O)C2)C3(C)C)c1. The Morgan fingerprint density at radius 2 is 1.92 bits per heavy atom. The number of hydrogen-bond donors (Lipinski definition) is 1. The Balaban J connectivity index is 1.81. The number of carbonyl (C=O) groups excluding carboxylic acids is 3. The van der Waals surface area contributed by atoms with E-state index in [4.69, 9.17) is 4.74 Å². The molecule has 0 heterocycles. The summed E-state index contributed by atoms with van der Waals surface area (Å²) < 4.78 is 5.15. The first-order valence-electron chi connectivity index (χ1n) is 9.30. The van der Waals surface area contributed by atoms with Gasteiger partial charge in [0.15, 0.2) is 0 Å². The zero-order chi connectivity index (χ0) is 19.2. The zero-order valence-corrected chi connectivity index (χ0v) is 16.0. The Kier molecular flexibility index (Phi) is 4.45. The third kappa shape index (κ3) is 2.48. The van der Waals surface area contributed by atoms with Crippen molar-refractivity contribution in [2.45, 2.75) is 53.4 Å². The van der Waals surface area contributed by atoms with Crippen molar-refractivity contribution in [2.24, 2.45) is 16.2 Å². The van der Waals surface area contributed by atoms with E-state index in [2.05, 4.69) is 5.32 Å². The second-order valence-corrected chi connectivity index (χ2v) is 8.31. The molecule has 2 fully saturated rings. The van der Waals surface area contributed by atoms with Gasteiger partial charge in [-0.3, -0.25) is 9.59 Å². The molecule has 0 saturated heterocycles. The number of esters is 1. The van der Waals surface area contributed by atoms with Crippen LogP contribution in [0.4, 0.5) is 5.69 Å². The molecule has 0 spiro atoms. The summed E-state index contributed by atoms with van der Waals surface area (Å²) in [6.07, 6.45) is 2.51. The topological polar surface area (TPSA) is 72.5 Å². The molecule has 2 bridgehead atoms. The first kappa shape index (κ1) is 18.6. The Morgan fingerprint density at radius 3 is 2.50 bits per heavy atom. The Hall–Kier alpha value is -2.17. The molecule has 2 saturated carbocycles. The van der Waals surface area contributed by atoms with Crippen LogP contribution >= 0.6 is 0 Å². The molecule has 26 heavy (non-hydrogen) atoms. The van der Waals surface area contributed by atoms with E-state index < -0.39 is 22.2 Å². The number of carbonyl (C=O) groups is 3. The van der Waals surface area contributed by atoms with Crippen molar-refractivity contribution in [3.05, 3.63) is 29.8 Å². The van der Waals surface area contributed by atoms with E-state index in [0.29, 0.717) is 30.7 Å². The molecule has 2 aliphatic carbocycles. The highest BCUT2D eigenvalue weighted by Crippen LogP contribution is 2.70. The molecule has 140 valence electrons. The van der Waals surface area contributed by atoms with Crippen LogP contribution in [0.5, 0.6) is 0 Å². The molecule has 5 heteroatoms. The van der Waals surface area contributed by atoms with Crippen molar-refractivity contribution in [1.29, 1.82) is 0 Å². The van der Waals surface area contributed by atoms with Crippen LogP contribution in [0.1, 0.15) is 63.7 Å². The van der Waals surface area contributed by atoms with Gasteiger partial charge in [-0.05, 0) is 42.9 Å². The standard InChI is InChI=1S/C21H27NO4/c1-5-11-26-17(24)14-7-6-8-15(12-14)22-18(25)21-10-9-20(4,16(23)13-21)19(21,2)3/h6-8,12H,5,9-11,13H2,1-4H3,(H,22,25)/t20-,21+/m0/s1. The molecule has 1 aromatic carbocycles. The van der Waals surface area contributed by atoms with Crippen LogP contribution in [0.25, 0.3) is 0 Å². The minimum atomic E-state index is -0.683. The average Bonchev–Trinajstić information content (AvgIpc) is 2.90. The maximum Gasteiger partial charge on any atom is 0.338 e. The first-order chi connectivity index (χ1) is 12.2. The van der Waals surface area contributed by atoms with Gasteiger partial charge in [-0.2, -0.15) is 0 Å². The summed E-state index contributed by atoms with van der Waals surface area (Å²) in [4.78, 5) is 37.7. The molecule has 2 aliphatic rings. The van der Waals surface area contributed by atoms with E-state index in [0.717, 1.165) is 12.8 Å². The molecular formula is C21H27NO4. The largest absolute Gasteiger partial charge is 0.462 e. The summed E-state index contributed by atoms with van der Waals surface area (Å²) in [6.45, 7) is 8.35. The molecule has 1 N–H and O–H groups in total. The third-order valence-corrected chi connectivity index (χ3v) is 6.93. The van der Waals surface area contributed by atoms with Crippen LogP contribution < -0.4 is 5.32 Å². The number of hydrogen-bond acceptors (Lipinski definition) is 4. The van der Waals surface area contributed by atoms with Crippen LogP contribution in [0.2, 0.25) is 0 Å². The van der Waals surface area contributed by atoms with E-state index in [1.165, 1.54) is 0 Å². The molecule has 0 aliphatic heterocycles. The number of anilines is 1. The highest BCUT2D eigenvalue weighted by Gasteiger charge is 2.72. The maximum atomic E-state index is 13.2. The Labute approximate surface area is 154 Å². The lowest BCUT2D eigenvalue weighted by molar-refractivity contribution is -0.131. The number of rotatable bonds is 5. The van der Waals surface area contributed by atoms with Crippen molar-refractivity contribution in [3.8, 4) is 0 Å². The van der Waals surface area contributed by atoms with Crippen LogP contribution in [0.15, 0.2) is 24.3 Å². The fourth-order valence-electron chi connectivity index (χ4n) is 4.61. The molecule has 0 unspecified atom stereocenters. The molecule has 3 rings (SSSR count). The predicted molar refractivity (Wildman–Crippen MR) is 98.8 cm³/mol. The predicted octanol–water partition coefficient (Wildman–Crippen LogP) is 3.98. The number of nitrogens with one attached hydrogen (secondary N) is 1. The summed E-state index contributed by atoms with van der Waals surface area (Å²) in [7, 11) is 0. The minimum absolute atomic E-state index is 0.129. The molecular weight excluding hydrogens is 330 g/mol. The number of benzene rings is 1. The highest BCUT2D eigenvalue weighted by molar-refractivity contribution is 6.05. The van der Waals surface area contributed by atoms with E-state index in [1.54, 1.807) is 24.3 Å². The lowest BCUT2D eigenvalue weighted by Gasteiger charge is -2.38. The third-order valence-electron chi connectivity index (χ3n) is 6.93. The van der Waals surface area contributed by atoms with Crippen molar-refractivity contribution < 1.29 is 19.1 Å². The summed E-state index contributed by atoms with van der Waals surface area (Å²) in [5.41, 5.74) is -0.544. The van der Waals surface area contributed by atoms with Crippen molar-refractivity contribution >= 4 is 23.3 Å². The van der Waals surface area contributed by atoms with Gasteiger partial charge in [0.05, 0.1) is 17.6 Å².